The molecule has 2 nitrogen and oxygen atoms in total. The van der Waals surface area contributed by atoms with Crippen LogP contribution in [0.4, 0.5) is 8.78 Å². The van der Waals surface area contributed by atoms with Gasteiger partial charge in [0.25, 0.3) is 0 Å². The van der Waals surface area contributed by atoms with Gasteiger partial charge in [0.1, 0.15) is 11.9 Å². The van der Waals surface area contributed by atoms with E-state index in [2.05, 4.69) is 4.74 Å². The third-order valence-electron chi connectivity index (χ3n) is 1.82. The van der Waals surface area contributed by atoms with E-state index >= 15 is 0 Å². The van der Waals surface area contributed by atoms with Gasteiger partial charge in [-0.15, -0.1) is 0 Å². The van der Waals surface area contributed by atoms with Crippen molar-refractivity contribution in [2.24, 2.45) is 0 Å². The largest absolute Gasteiger partial charge is 0.434 e. The Balaban J connectivity index is 2.21. The topological polar surface area (TPSA) is 21.8 Å². The molecule has 0 aromatic heterocycles. The fraction of sp³-hybridized carbons (Fsp3) is 0.333. The van der Waals surface area contributed by atoms with Gasteiger partial charge in [0, 0.05) is 5.56 Å². The molecule has 1 aromatic rings. The molecule has 0 amide bonds. The van der Waals surface area contributed by atoms with Gasteiger partial charge in [-0.05, 0) is 6.07 Å². The van der Waals surface area contributed by atoms with Crippen LogP contribution in [0.1, 0.15) is 11.7 Å². The Labute approximate surface area is 74.1 Å². The molecule has 13 heavy (non-hydrogen) atoms. The van der Waals surface area contributed by atoms with Crippen LogP contribution in [0.25, 0.3) is 0 Å². The summed E-state index contributed by atoms with van der Waals surface area (Å²) in [5.41, 5.74) is 0.697. The van der Waals surface area contributed by atoms with Gasteiger partial charge >= 0.3 is 6.61 Å². The van der Waals surface area contributed by atoms with Crippen molar-refractivity contribution in [2.75, 3.05) is 6.61 Å². The van der Waals surface area contributed by atoms with Crippen molar-refractivity contribution >= 4 is 0 Å². The normalized spacial score (nSPS) is 20.4. The van der Waals surface area contributed by atoms with E-state index in [0.717, 1.165) is 0 Å². The first-order valence-corrected chi connectivity index (χ1v) is 3.92. The van der Waals surface area contributed by atoms with Crippen LogP contribution >= 0.6 is 0 Å². The Hall–Kier alpha value is -1.16. The van der Waals surface area contributed by atoms with E-state index < -0.39 is 6.61 Å². The Kier molecular flexibility index (Phi) is 2.14. The van der Waals surface area contributed by atoms with Gasteiger partial charge < -0.3 is 9.47 Å². The molecule has 1 saturated heterocycles. The third kappa shape index (κ3) is 1.95. The second-order valence-electron chi connectivity index (χ2n) is 2.74. The van der Waals surface area contributed by atoms with Gasteiger partial charge in [0.05, 0.1) is 6.61 Å². The maximum atomic E-state index is 11.9. The van der Waals surface area contributed by atoms with Crippen molar-refractivity contribution in [1.29, 1.82) is 0 Å². The zero-order valence-electron chi connectivity index (χ0n) is 6.74. The lowest BCUT2D eigenvalue weighted by molar-refractivity contribution is -0.0506. The summed E-state index contributed by atoms with van der Waals surface area (Å²) >= 11 is 0. The molecule has 0 aliphatic carbocycles. The van der Waals surface area contributed by atoms with Gasteiger partial charge in [0.2, 0.25) is 0 Å². The van der Waals surface area contributed by atoms with E-state index in [1.807, 2.05) is 0 Å². The standard InChI is InChI=1S/C9H8F2O2/c10-9(11)13-7-4-2-1-3-6(7)8-5-12-8/h1-4,8-9H,5H2/t8-/m0/s1. The van der Waals surface area contributed by atoms with Gasteiger partial charge in [-0.3, -0.25) is 0 Å². The van der Waals surface area contributed by atoms with Gasteiger partial charge in [-0.2, -0.15) is 8.78 Å². The molecule has 2 rings (SSSR count). The summed E-state index contributed by atoms with van der Waals surface area (Å²) in [6.45, 7) is -2.19. The molecular formula is C9H8F2O2. The first kappa shape index (κ1) is 8.44. The number of alkyl halides is 2. The summed E-state index contributed by atoms with van der Waals surface area (Å²) in [6, 6.07) is 6.68. The molecule has 0 saturated carbocycles. The van der Waals surface area contributed by atoms with Crippen LogP contribution in [0.5, 0.6) is 5.75 Å². The first-order chi connectivity index (χ1) is 6.27. The summed E-state index contributed by atoms with van der Waals surface area (Å²) in [7, 11) is 0. The van der Waals surface area contributed by atoms with E-state index in [9.17, 15) is 8.78 Å². The maximum Gasteiger partial charge on any atom is 0.387 e. The molecule has 1 aromatic carbocycles. The lowest BCUT2D eigenvalue weighted by atomic mass is 10.1. The maximum absolute atomic E-state index is 11.9. The average molecular weight is 186 g/mol. The Morgan fingerprint density at radius 2 is 2.08 bits per heavy atom. The summed E-state index contributed by atoms with van der Waals surface area (Å²) < 4.78 is 33.2. The second kappa shape index (κ2) is 3.30. The zero-order valence-corrected chi connectivity index (χ0v) is 6.74. The highest BCUT2D eigenvalue weighted by Gasteiger charge is 2.28. The fourth-order valence-electron chi connectivity index (χ4n) is 1.18. The number of halogens is 2. The van der Waals surface area contributed by atoms with Crippen molar-refractivity contribution in [1.82, 2.24) is 0 Å². The van der Waals surface area contributed by atoms with Crippen LogP contribution in [-0.2, 0) is 4.74 Å². The molecule has 1 fully saturated rings. The molecule has 1 aliphatic rings. The molecule has 4 heteroatoms. The Morgan fingerprint density at radius 3 is 2.69 bits per heavy atom. The number of epoxide rings is 1. The SMILES string of the molecule is FC(F)Oc1ccccc1[C@@H]1CO1. The van der Waals surface area contributed by atoms with Crippen LogP contribution in [-0.4, -0.2) is 13.2 Å². The highest BCUT2D eigenvalue weighted by molar-refractivity contribution is 5.36. The third-order valence-corrected chi connectivity index (χ3v) is 1.82. The van der Waals surface area contributed by atoms with Crippen LogP contribution in [0.15, 0.2) is 24.3 Å². The van der Waals surface area contributed by atoms with Gasteiger partial charge in [0.15, 0.2) is 0 Å². The molecule has 0 radical (unpaired) electrons. The number of ether oxygens (including phenoxy) is 2. The molecule has 70 valence electrons. The molecule has 0 unspecified atom stereocenters. The smallest absolute Gasteiger partial charge is 0.387 e. The van der Waals surface area contributed by atoms with E-state index in [0.29, 0.717) is 12.2 Å². The van der Waals surface area contributed by atoms with E-state index in [4.69, 9.17) is 4.74 Å². The molecule has 0 N–H and O–H groups in total. The number of para-hydroxylation sites is 1. The Bertz CT molecular complexity index is 297. The highest BCUT2D eigenvalue weighted by Crippen LogP contribution is 2.36. The summed E-state index contributed by atoms with van der Waals surface area (Å²) in [6.07, 6.45) is -0.0602. The predicted molar refractivity (Wildman–Crippen MR) is 41.8 cm³/mol. The molecule has 1 aliphatic heterocycles. The molecular weight excluding hydrogens is 178 g/mol. The fourth-order valence-corrected chi connectivity index (χ4v) is 1.18. The van der Waals surface area contributed by atoms with Crippen LogP contribution in [0, 0.1) is 0 Å². The number of hydrogen-bond acceptors (Lipinski definition) is 2. The predicted octanol–water partition coefficient (Wildman–Crippen LogP) is 2.36. The van der Waals surface area contributed by atoms with Crippen molar-refractivity contribution in [3.8, 4) is 5.75 Å². The zero-order chi connectivity index (χ0) is 9.26. The molecule has 0 spiro atoms. The minimum absolute atomic E-state index is 0.0602. The lowest BCUT2D eigenvalue weighted by Gasteiger charge is -2.07. The molecule has 1 atom stereocenters. The second-order valence-corrected chi connectivity index (χ2v) is 2.74. The summed E-state index contributed by atoms with van der Waals surface area (Å²) in [4.78, 5) is 0. The van der Waals surface area contributed by atoms with Crippen molar-refractivity contribution < 1.29 is 18.3 Å². The first-order valence-electron chi connectivity index (χ1n) is 3.92. The minimum atomic E-state index is -2.78. The minimum Gasteiger partial charge on any atom is -0.434 e. The summed E-state index contributed by atoms with van der Waals surface area (Å²) in [5, 5.41) is 0. The van der Waals surface area contributed by atoms with Crippen molar-refractivity contribution in [3.63, 3.8) is 0 Å². The van der Waals surface area contributed by atoms with Crippen LogP contribution < -0.4 is 4.74 Å². The Morgan fingerprint density at radius 1 is 1.38 bits per heavy atom. The average Bonchev–Trinajstić information content (AvgIpc) is 2.87. The van der Waals surface area contributed by atoms with E-state index in [1.165, 1.54) is 6.07 Å². The van der Waals surface area contributed by atoms with Crippen molar-refractivity contribution in [2.45, 2.75) is 12.7 Å². The van der Waals surface area contributed by atoms with E-state index in [1.54, 1.807) is 18.2 Å². The van der Waals surface area contributed by atoms with Gasteiger partial charge in [-0.1, -0.05) is 18.2 Å². The molecule has 1 heterocycles. The highest BCUT2D eigenvalue weighted by atomic mass is 19.3. The van der Waals surface area contributed by atoms with Crippen LogP contribution in [0.2, 0.25) is 0 Å². The monoisotopic (exact) mass is 186 g/mol. The number of hydrogen-bond donors (Lipinski definition) is 0. The van der Waals surface area contributed by atoms with E-state index in [-0.39, 0.29) is 11.9 Å². The summed E-state index contributed by atoms with van der Waals surface area (Å²) in [5.74, 6) is 0.208. The quantitative estimate of drug-likeness (QED) is 0.676. The molecule has 0 bridgehead atoms. The van der Waals surface area contributed by atoms with Gasteiger partial charge in [-0.25, -0.2) is 0 Å². The number of rotatable bonds is 3. The lowest BCUT2D eigenvalue weighted by Crippen LogP contribution is -2.03. The van der Waals surface area contributed by atoms with Crippen molar-refractivity contribution in [3.05, 3.63) is 29.8 Å². The van der Waals surface area contributed by atoms with Crippen LogP contribution in [0.3, 0.4) is 0 Å². The number of benzene rings is 1.